The lowest BCUT2D eigenvalue weighted by Crippen LogP contribution is -2.34. The van der Waals surface area contributed by atoms with Crippen molar-refractivity contribution in [1.29, 1.82) is 0 Å². The third-order valence-electron chi connectivity index (χ3n) is 2.45. The average molecular weight is 184 g/mol. The molecule has 2 heteroatoms. The van der Waals surface area contributed by atoms with E-state index in [4.69, 9.17) is 5.73 Å². The molecule has 13 heavy (non-hydrogen) atoms. The molecule has 0 heterocycles. The van der Waals surface area contributed by atoms with Crippen LogP contribution in [0.25, 0.3) is 0 Å². The van der Waals surface area contributed by atoms with Gasteiger partial charge in [-0.2, -0.15) is 0 Å². The van der Waals surface area contributed by atoms with Gasteiger partial charge in [-0.15, -0.1) is 6.58 Å². The molecule has 0 aromatic rings. The van der Waals surface area contributed by atoms with Crippen LogP contribution in [-0.2, 0) is 0 Å². The van der Waals surface area contributed by atoms with Crippen LogP contribution in [0.5, 0.6) is 0 Å². The zero-order chi connectivity index (χ0) is 10.3. The van der Waals surface area contributed by atoms with Gasteiger partial charge in [0, 0.05) is 12.6 Å². The summed E-state index contributed by atoms with van der Waals surface area (Å²) in [6.07, 6.45) is 4.28. The number of rotatable bonds is 7. The second-order valence-electron chi connectivity index (χ2n) is 4.03. The highest BCUT2D eigenvalue weighted by molar-refractivity contribution is 4.70. The average Bonchev–Trinajstić information content (AvgIpc) is 2.04. The molecule has 0 aromatic heterocycles. The number of nitrogens with zero attached hydrogens (tertiary/aromatic N) is 1. The first-order valence-corrected chi connectivity index (χ1v) is 5.13. The summed E-state index contributed by atoms with van der Waals surface area (Å²) in [5.41, 5.74) is 5.80. The fourth-order valence-corrected chi connectivity index (χ4v) is 1.25. The van der Waals surface area contributed by atoms with Crippen LogP contribution in [0.2, 0.25) is 0 Å². The molecule has 2 unspecified atom stereocenters. The third kappa shape index (κ3) is 6.79. The monoisotopic (exact) mass is 184 g/mol. The van der Waals surface area contributed by atoms with Crippen molar-refractivity contribution in [2.24, 2.45) is 11.7 Å². The molecule has 0 aliphatic rings. The van der Waals surface area contributed by atoms with Gasteiger partial charge in [-0.1, -0.05) is 13.0 Å². The lowest BCUT2D eigenvalue weighted by atomic mass is 10.0. The maximum atomic E-state index is 5.80. The zero-order valence-electron chi connectivity index (χ0n) is 9.29. The van der Waals surface area contributed by atoms with Gasteiger partial charge in [0.1, 0.15) is 0 Å². The van der Waals surface area contributed by atoms with Gasteiger partial charge in [-0.3, -0.25) is 0 Å². The maximum Gasteiger partial charge on any atom is 0.00483 e. The van der Waals surface area contributed by atoms with E-state index in [0.717, 1.165) is 19.5 Å². The third-order valence-corrected chi connectivity index (χ3v) is 2.45. The van der Waals surface area contributed by atoms with E-state index >= 15 is 0 Å². The topological polar surface area (TPSA) is 29.3 Å². The Morgan fingerprint density at radius 2 is 2.08 bits per heavy atom. The molecule has 0 amide bonds. The largest absolute Gasteiger partial charge is 0.328 e. The van der Waals surface area contributed by atoms with E-state index < -0.39 is 0 Å². The van der Waals surface area contributed by atoms with Crippen LogP contribution in [0.15, 0.2) is 12.7 Å². The number of unbranched alkanes of at least 4 members (excludes halogenated alkanes) is 1. The molecule has 0 aliphatic heterocycles. The Hall–Kier alpha value is -0.340. The van der Waals surface area contributed by atoms with Crippen molar-refractivity contribution < 1.29 is 0 Å². The Kier molecular flexibility index (Phi) is 6.92. The van der Waals surface area contributed by atoms with E-state index in [-0.39, 0.29) is 0 Å². The number of hydrogen-bond donors (Lipinski definition) is 1. The van der Waals surface area contributed by atoms with E-state index in [9.17, 15) is 0 Å². The van der Waals surface area contributed by atoms with Crippen molar-refractivity contribution in [3.8, 4) is 0 Å². The van der Waals surface area contributed by atoms with Crippen molar-refractivity contribution in [2.45, 2.75) is 32.7 Å². The SMILES string of the molecule is C=CCCCN(C)CC(C)C(C)N. The fourth-order valence-electron chi connectivity index (χ4n) is 1.25. The Bertz CT molecular complexity index is 132. The minimum Gasteiger partial charge on any atom is -0.328 e. The predicted molar refractivity (Wildman–Crippen MR) is 59.7 cm³/mol. The van der Waals surface area contributed by atoms with E-state index in [1.54, 1.807) is 0 Å². The molecule has 0 bridgehead atoms. The van der Waals surface area contributed by atoms with Gasteiger partial charge in [0.05, 0.1) is 0 Å². The fraction of sp³-hybridized carbons (Fsp3) is 0.818. The Morgan fingerprint density at radius 1 is 1.46 bits per heavy atom. The van der Waals surface area contributed by atoms with E-state index in [2.05, 4.69) is 32.4 Å². The highest BCUT2D eigenvalue weighted by atomic mass is 15.1. The van der Waals surface area contributed by atoms with Gasteiger partial charge in [0.15, 0.2) is 0 Å². The predicted octanol–water partition coefficient (Wildman–Crippen LogP) is 1.87. The smallest absolute Gasteiger partial charge is 0.00483 e. The van der Waals surface area contributed by atoms with E-state index in [1.165, 1.54) is 6.42 Å². The van der Waals surface area contributed by atoms with Crippen molar-refractivity contribution in [3.63, 3.8) is 0 Å². The normalized spacial score (nSPS) is 15.8. The molecule has 0 aromatic carbocycles. The molecule has 0 spiro atoms. The maximum absolute atomic E-state index is 5.80. The highest BCUT2D eigenvalue weighted by Gasteiger charge is 2.09. The van der Waals surface area contributed by atoms with E-state index in [1.807, 2.05) is 6.08 Å². The van der Waals surface area contributed by atoms with Crippen molar-refractivity contribution in [3.05, 3.63) is 12.7 Å². The summed E-state index contributed by atoms with van der Waals surface area (Å²) in [6, 6.07) is 0.293. The first-order chi connectivity index (χ1) is 6.07. The van der Waals surface area contributed by atoms with Crippen LogP contribution < -0.4 is 5.73 Å². The quantitative estimate of drug-likeness (QED) is 0.483. The molecule has 0 radical (unpaired) electrons. The minimum atomic E-state index is 0.293. The molecule has 0 saturated carbocycles. The second kappa shape index (κ2) is 7.10. The van der Waals surface area contributed by atoms with Crippen molar-refractivity contribution >= 4 is 0 Å². The Balaban J connectivity index is 3.49. The van der Waals surface area contributed by atoms with Gasteiger partial charge in [-0.05, 0) is 39.3 Å². The molecular formula is C11H24N2. The number of hydrogen-bond acceptors (Lipinski definition) is 2. The molecule has 2 nitrogen and oxygen atoms in total. The van der Waals surface area contributed by atoms with Gasteiger partial charge in [0.25, 0.3) is 0 Å². The van der Waals surface area contributed by atoms with Gasteiger partial charge < -0.3 is 10.6 Å². The van der Waals surface area contributed by atoms with Crippen LogP contribution in [0.4, 0.5) is 0 Å². The molecule has 0 rings (SSSR count). The molecule has 2 N–H and O–H groups in total. The van der Waals surface area contributed by atoms with Gasteiger partial charge >= 0.3 is 0 Å². The summed E-state index contributed by atoms with van der Waals surface area (Å²) in [7, 11) is 2.15. The molecular weight excluding hydrogens is 160 g/mol. The summed E-state index contributed by atoms with van der Waals surface area (Å²) in [5, 5.41) is 0. The second-order valence-corrected chi connectivity index (χ2v) is 4.03. The van der Waals surface area contributed by atoms with Crippen LogP contribution in [0, 0.1) is 5.92 Å². The number of nitrogens with two attached hydrogens (primary N) is 1. The van der Waals surface area contributed by atoms with E-state index in [0.29, 0.717) is 12.0 Å². The molecule has 78 valence electrons. The van der Waals surface area contributed by atoms with Crippen LogP contribution in [-0.4, -0.2) is 31.1 Å². The Labute approximate surface area is 82.8 Å². The van der Waals surface area contributed by atoms with Gasteiger partial charge in [-0.25, -0.2) is 0 Å². The summed E-state index contributed by atoms with van der Waals surface area (Å²) in [5.74, 6) is 0.578. The Morgan fingerprint density at radius 3 is 2.54 bits per heavy atom. The lowest BCUT2D eigenvalue weighted by molar-refractivity contribution is 0.266. The van der Waals surface area contributed by atoms with Crippen LogP contribution in [0.1, 0.15) is 26.7 Å². The first-order valence-electron chi connectivity index (χ1n) is 5.13. The summed E-state index contributed by atoms with van der Waals surface area (Å²) >= 11 is 0. The van der Waals surface area contributed by atoms with Crippen LogP contribution in [0.3, 0.4) is 0 Å². The minimum absolute atomic E-state index is 0.293. The molecule has 2 atom stereocenters. The summed E-state index contributed by atoms with van der Waals surface area (Å²) in [4.78, 5) is 2.34. The van der Waals surface area contributed by atoms with Gasteiger partial charge in [0.2, 0.25) is 0 Å². The molecule has 0 fully saturated rings. The first kappa shape index (κ1) is 12.7. The molecule has 0 saturated heterocycles. The van der Waals surface area contributed by atoms with Crippen LogP contribution >= 0.6 is 0 Å². The van der Waals surface area contributed by atoms with Crippen molar-refractivity contribution in [1.82, 2.24) is 4.90 Å². The summed E-state index contributed by atoms with van der Waals surface area (Å²) < 4.78 is 0. The lowest BCUT2D eigenvalue weighted by Gasteiger charge is -2.23. The zero-order valence-corrected chi connectivity index (χ0v) is 9.29. The number of allylic oxidation sites excluding steroid dienone is 1. The highest BCUT2D eigenvalue weighted by Crippen LogP contribution is 2.03. The standard InChI is InChI=1S/C11H24N2/c1-5-6-7-8-13(4)9-10(2)11(3)12/h5,10-11H,1,6-9,12H2,2-4H3. The summed E-state index contributed by atoms with van der Waals surface area (Å²) in [6.45, 7) is 10.2. The van der Waals surface area contributed by atoms with Crippen molar-refractivity contribution in [2.75, 3.05) is 20.1 Å². The molecule has 0 aliphatic carbocycles.